The summed E-state index contributed by atoms with van der Waals surface area (Å²) in [7, 11) is 0. The molecule has 2 rings (SSSR count). The topological polar surface area (TPSA) is 100 Å². The number of rotatable bonds is 5. The van der Waals surface area contributed by atoms with Crippen molar-refractivity contribution in [3.63, 3.8) is 0 Å². The molecule has 0 radical (unpaired) electrons. The first kappa shape index (κ1) is 19.2. The highest BCUT2D eigenvalue weighted by atomic mass is 16.6. The lowest BCUT2D eigenvalue weighted by molar-refractivity contribution is -0.121. The van der Waals surface area contributed by atoms with E-state index in [2.05, 4.69) is 20.5 Å². The largest absolute Gasteiger partial charge is 0.444 e. The minimum Gasteiger partial charge on any atom is -0.444 e. The molecule has 0 unspecified atom stereocenters. The highest BCUT2D eigenvalue weighted by Gasteiger charge is 2.29. The third kappa shape index (κ3) is 6.03. The molecule has 25 heavy (non-hydrogen) atoms. The normalized spacial score (nSPS) is 15.9. The van der Waals surface area contributed by atoms with Gasteiger partial charge in [0.05, 0.1) is 6.54 Å². The summed E-state index contributed by atoms with van der Waals surface area (Å²) in [5.41, 5.74) is -0.477. The van der Waals surface area contributed by atoms with E-state index in [0.717, 1.165) is 25.1 Å². The van der Waals surface area contributed by atoms with E-state index in [4.69, 9.17) is 4.74 Å². The minimum absolute atomic E-state index is 0.0196. The number of carbonyl (C=O) groups is 2. The molecular formula is C17H29N5O3. The Hall–Kier alpha value is -2.12. The van der Waals surface area contributed by atoms with Gasteiger partial charge in [0.2, 0.25) is 5.91 Å². The van der Waals surface area contributed by atoms with Gasteiger partial charge in [-0.25, -0.2) is 9.78 Å². The molecule has 8 heteroatoms. The minimum atomic E-state index is -0.477. The fraction of sp³-hybridized carbons (Fsp3) is 0.765. The zero-order valence-electron chi connectivity index (χ0n) is 15.6. The predicted octanol–water partition coefficient (Wildman–Crippen LogP) is 2.34. The number of nitrogens with zero attached hydrogens (tertiary/aromatic N) is 3. The van der Waals surface area contributed by atoms with Crippen LogP contribution in [0.4, 0.5) is 4.79 Å². The third-order valence-electron chi connectivity index (χ3n) is 3.99. The number of hydrogen-bond acceptors (Lipinski definition) is 5. The van der Waals surface area contributed by atoms with Gasteiger partial charge in [0.1, 0.15) is 11.4 Å². The van der Waals surface area contributed by atoms with E-state index in [1.807, 2.05) is 27.7 Å². The molecule has 140 valence electrons. The molecule has 0 spiro atoms. The lowest BCUT2D eigenvalue weighted by Gasteiger charge is -2.32. The molecule has 0 saturated carbocycles. The fourth-order valence-corrected chi connectivity index (χ4v) is 2.72. The van der Waals surface area contributed by atoms with E-state index in [9.17, 15) is 9.59 Å². The number of piperidine rings is 1. The Kier molecular flexibility index (Phi) is 6.39. The summed E-state index contributed by atoms with van der Waals surface area (Å²) in [6.45, 7) is 9.20. The molecule has 1 fully saturated rings. The number of likely N-dealkylation sites (tertiary alicyclic amines) is 1. The van der Waals surface area contributed by atoms with Crippen molar-refractivity contribution in [2.75, 3.05) is 13.1 Å². The molecule has 0 aliphatic carbocycles. The third-order valence-corrected chi connectivity index (χ3v) is 3.99. The maximum atomic E-state index is 12.1. The lowest BCUT2D eigenvalue weighted by Crippen LogP contribution is -2.41. The van der Waals surface area contributed by atoms with Crippen LogP contribution in [0.2, 0.25) is 0 Å². The summed E-state index contributed by atoms with van der Waals surface area (Å²) < 4.78 is 5.41. The summed E-state index contributed by atoms with van der Waals surface area (Å²) in [5.74, 6) is 1.65. The Bertz CT molecular complexity index is 585. The van der Waals surface area contributed by atoms with Gasteiger partial charge in [-0.3, -0.25) is 9.89 Å². The number of aromatic nitrogens is 3. The van der Waals surface area contributed by atoms with E-state index in [1.54, 1.807) is 4.90 Å². The van der Waals surface area contributed by atoms with Gasteiger partial charge in [-0.2, -0.15) is 5.10 Å². The van der Waals surface area contributed by atoms with Crippen LogP contribution >= 0.6 is 0 Å². The summed E-state index contributed by atoms with van der Waals surface area (Å²) in [5, 5.41) is 9.97. The Morgan fingerprint density at radius 2 is 2.00 bits per heavy atom. The molecule has 2 amide bonds. The monoisotopic (exact) mass is 351 g/mol. The smallest absolute Gasteiger partial charge is 0.410 e. The van der Waals surface area contributed by atoms with Crippen LogP contribution in [0.5, 0.6) is 0 Å². The standard InChI is InChI=1S/C17H29N5O3/c1-5-6-14(23)18-11-13-19-15(21-20-13)12-7-9-22(10-8-12)16(24)25-17(2,3)4/h12H,5-11H2,1-4H3,(H,18,23)(H,19,20,21). The van der Waals surface area contributed by atoms with E-state index in [0.29, 0.717) is 31.9 Å². The predicted molar refractivity (Wildman–Crippen MR) is 92.9 cm³/mol. The lowest BCUT2D eigenvalue weighted by atomic mass is 9.96. The van der Waals surface area contributed by atoms with E-state index >= 15 is 0 Å². The SMILES string of the molecule is CCCC(=O)NCc1nc(C2CCN(C(=O)OC(C)(C)C)CC2)n[nH]1. The van der Waals surface area contributed by atoms with Crippen molar-refractivity contribution in [3.8, 4) is 0 Å². The van der Waals surface area contributed by atoms with Crippen LogP contribution in [-0.4, -0.2) is 50.8 Å². The second kappa shape index (κ2) is 8.31. The molecule has 1 aliphatic heterocycles. The first-order valence-electron chi connectivity index (χ1n) is 8.94. The first-order valence-corrected chi connectivity index (χ1v) is 8.94. The Labute approximate surface area is 148 Å². The summed E-state index contributed by atoms with van der Waals surface area (Å²) >= 11 is 0. The quantitative estimate of drug-likeness (QED) is 0.848. The molecular weight excluding hydrogens is 322 g/mol. The highest BCUT2D eigenvalue weighted by molar-refractivity contribution is 5.75. The summed E-state index contributed by atoms with van der Waals surface area (Å²) in [6, 6.07) is 0. The van der Waals surface area contributed by atoms with E-state index < -0.39 is 5.60 Å². The van der Waals surface area contributed by atoms with Gasteiger partial charge in [-0.05, 0) is 40.0 Å². The maximum absolute atomic E-state index is 12.1. The number of carbonyl (C=O) groups excluding carboxylic acids is 2. The zero-order chi connectivity index (χ0) is 18.4. The second-order valence-corrected chi connectivity index (χ2v) is 7.41. The Morgan fingerprint density at radius 3 is 2.60 bits per heavy atom. The Morgan fingerprint density at radius 1 is 1.32 bits per heavy atom. The van der Waals surface area contributed by atoms with Crippen LogP contribution in [0.3, 0.4) is 0 Å². The van der Waals surface area contributed by atoms with Gasteiger partial charge in [0.15, 0.2) is 5.82 Å². The number of aromatic amines is 1. The molecule has 2 heterocycles. The van der Waals surface area contributed by atoms with Crippen LogP contribution in [0, 0.1) is 0 Å². The van der Waals surface area contributed by atoms with Gasteiger partial charge in [-0.15, -0.1) is 0 Å². The van der Waals surface area contributed by atoms with Gasteiger partial charge in [-0.1, -0.05) is 6.92 Å². The molecule has 8 nitrogen and oxygen atoms in total. The van der Waals surface area contributed by atoms with E-state index in [1.165, 1.54) is 0 Å². The van der Waals surface area contributed by atoms with Crippen molar-refractivity contribution >= 4 is 12.0 Å². The number of hydrogen-bond donors (Lipinski definition) is 2. The molecule has 2 N–H and O–H groups in total. The number of amides is 2. The summed E-state index contributed by atoms with van der Waals surface area (Å²) in [4.78, 5) is 29.8. The van der Waals surface area contributed by atoms with Gasteiger partial charge in [0.25, 0.3) is 0 Å². The number of ether oxygens (including phenoxy) is 1. The molecule has 1 saturated heterocycles. The number of nitrogens with one attached hydrogen (secondary N) is 2. The van der Waals surface area contributed by atoms with Crippen molar-refractivity contribution < 1.29 is 14.3 Å². The van der Waals surface area contributed by atoms with Crippen molar-refractivity contribution in [2.45, 2.75) is 71.4 Å². The summed E-state index contributed by atoms with van der Waals surface area (Å²) in [6.07, 6.45) is 2.69. The van der Waals surface area contributed by atoms with Crippen LogP contribution in [0.1, 0.15) is 70.9 Å². The maximum Gasteiger partial charge on any atom is 0.410 e. The molecule has 0 atom stereocenters. The van der Waals surface area contributed by atoms with E-state index in [-0.39, 0.29) is 17.9 Å². The molecule has 0 aromatic carbocycles. The molecule has 1 aliphatic rings. The van der Waals surface area contributed by atoms with Gasteiger partial charge >= 0.3 is 6.09 Å². The number of H-pyrrole nitrogens is 1. The zero-order valence-corrected chi connectivity index (χ0v) is 15.6. The molecule has 1 aromatic heterocycles. The fourth-order valence-electron chi connectivity index (χ4n) is 2.72. The average Bonchev–Trinajstić information content (AvgIpc) is 3.01. The van der Waals surface area contributed by atoms with Crippen molar-refractivity contribution in [1.29, 1.82) is 0 Å². The van der Waals surface area contributed by atoms with Crippen molar-refractivity contribution in [2.24, 2.45) is 0 Å². The first-order chi connectivity index (χ1) is 11.8. The average molecular weight is 351 g/mol. The van der Waals surface area contributed by atoms with Crippen molar-refractivity contribution in [1.82, 2.24) is 25.4 Å². The second-order valence-electron chi connectivity index (χ2n) is 7.41. The molecule has 1 aromatic rings. The van der Waals surface area contributed by atoms with Crippen molar-refractivity contribution in [3.05, 3.63) is 11.6 Å². The van der Waals surface area contributed by atoms with Crippen LogP contribution in [0.25, 0.3) is 0 Å². The van der Waals surface area contributed by atoms with Crippen LogP contribution in [-0.2, 0) is 16.1 Å². The van der Waals surface area contributed by atoms with Crippen LogP contribution in [0.15, 0.2) is 0 Å². The van der Waals surface area contributed by atoms with Gasteiger partial charge < -0.3 is 15.0 Å². The highest BCUT2D eigenvalue weighted by Crippen LogP contribution is 2.26. The molecule has 0 bridgehead atoms. The van der Waals surface area contributed by atoms with Crippen LogP contribution < -0.4 is 5.32 Å². The van der Waals surface area contributed by atoms with Gasteiger partial charge in [0, 0.05) is 25.4 Å². The Balaban J connectivity index is 1.81.